The van der Waals surface area contributed by atoms with Crippen molar-refractivity contribution in [2.24, 2.45) is 0 Å². The molecule has 1 aromatic carbocycles. The van der Waals surface area contributed by atoms with Gasteiger partial charge < -0.3 is 16.2 Å². The van der Waals surface area contributed by atoms with E-state index >= 15 is 0 Å². The highest BCUT2D eigenvalue weighted by molar-refractivity contribution is 6.31. The Hall–Kier alpha value is -1.26. The minimum atomic E-state index is -0.197. The first kappa shape index (κ1) is 14.8. The fourth-order valence-corrected chi connectivity index (χ4v) is 1.78. The van der Waals surface area contributed by atoms with Crippen LogP contribution in [0.15, 0.2) is 18.2 Å². The molecular weight excluding hydrogens is 252 g/mol. The molecule has 18 heavy (non-hydrogen) atoms. The highest BCUT2D eigenvalue weighted by Crippen LogP contribution is 2.17. The van der Waals surface area contributed by atoms with Gasteiger partial charge in [0.1, 0.15) is 0 Å². The lowest BCUT2D eigenvalue weighted by Gasteiger charge is -2.07. The number of rotatable bonds is 7. The number of anilines is 1. The summed E-state index contributed by atoms with van der Waals surface area (Å²) in [4.78, 5) is 11.8. The van der Waals surface area contributed by atoms with E-state index in [9.17, 15) is 4.79 Å². The summed E-state index contributed by atoms with van der Waals surface area (Å²) in [6, 6.07) is 4.85. The van der Waals surface area contributed by atoms with Crippen LogP contribution in [0.3, 0.4) is 0 Å². The second-order valence-corrected chi connectivity index (χ2v) is 4.56. The third-order valence-electron chi connectivity index (χ3n) is 2.63. The van der Waals surface area contributed by atoms with Crippen LogP contribution in [-0.4, -0.2) is 24.2 Å². The number of hydrogen-bond acceptors (Lipinski definition) is 3. The fourth-order valence-electron chi connectivity index (χ4n) is 1.61. The first-order chi connectivity index (χ1) is 8.65. The van der Waals surface area contributed by atoms with Crippen molar-refractivity contribution in [2.75, 3.05) is 18.9 Å². The number of nitrogens with one attached hydrogen (secondary N) is 1. The second kappa shape index (κ2) is 7.95. The normalized spacial score (nSPS) is 10.3. The van der Waals surface area contributed by atoms with Gasteiger partial charge in [-0.05, 0) is 31.0 Å². The fraction of sp³-hybridized carbons (Fsp3) is 0.462. The Balaban J connectivity index is 2.34. The number of hydrogen-bond donors (Lipinski definition) is 3. The summed E-state index contributed by atoms with van der Waals surface area (Å²) < 4.78 is 0. The van der Waals surface area contributed by atoms with Crippen molar-refractivity contribution >= 4 is 23.2 Å². The molecule has 0 heterocycles. The van der Waals surface area contributed by atoms with E-state index in [4.69, 9.17) is 22.4 Å². The van der Waals surface area contributed by atoms with Gasteiger partial charge in [-0.2, -0.15) is 0 Å². The number of aliphatic hydroxyl groups is 1. The molecule has 0 radical (unpaired) electrons. The zero-order chi connectivity index (χ0) is 13.4. The van der Waals surface area contributed by atoms with Gasteiger partial charge in [0.05, 0.1) is 5.56 Å². The summed E-state index contributed by atoms with van der Waals surface area (Å²) in [5.74, 6) is -0.197. The molecule has 0 spiro atoms. The van der Waals surface area contributed by atoms with Gasteiger partial charge in [0.25, 0.3) is 5.91 Å². The zero-order valence-electron chi connectivity index (χ0n) is 10.3. The second-order valence-electron chi connectivity index (χ2n) is 4.13. The molecule has 0 aliphatic rings. The lowest BCUT2D eigenvalue weighted by Crippen LogP contribution is -2.25. The molecule has 0 saturated carbocycles. The molecule has 1 amide bonds. The molecule has 0 bridgehead atoms. The summed E-state index contributed by atoms with van der Waals surface area (Å²) >= 11 is 5.82. The maximum absolute atomic E-state index is 11.8. The average molecular weight is 271 g/mol. The number of nitrogen functional groups attached to an aromatic ring is 1. The van der Waals surface area contributed by atoms with Crippen LogP contribution in [0.5, 0.6) is 0 Å². The third kappa shape index (κ3) is 4.94. The monoisotopic (exact) mass is 270 g/mol. The van der Waals surface area contributed by atoms with Gasteiger partial charge in [-0.1, -0.05) is 24.4 Å². The summed E-state index contributed by atoms with van der Waals surface area (Å²) in [6.45, 7) is 0.835. The number of amides is 1. The van der Waals surface area contributed by atoms with Gasteiger partial charge in [-0.15, -0.1) is 0 Å². The number of carbonyl (C=O) groups is 1. The molecule has 1 rings (SSSR count). The summed E-state index contributed by atoms with van der Waals surface area (Å²) in [6.07, 6.45) is 3.68. The zero-order valence-corrected chi connectivity index (χ0v) is 11.0. The molecule has 0 fully saturated rings. The molecule has 0 aliphatic carbocycles. The van der Waals surface area contributed by atoms with Crippen LogP contribution in [-0.2, 0) is 0 Å². The topological polar surface area (TPSA) is 75.4 Å². The largest absolute Gasteiger partial charge is 0.398 e. The molecule has 4 N–H and O–H groups in total. The predicted molar refractivity (Wildman–Crippen MR) is 73.8 cm³/mol. The van der Waals surface area contributed by atoms with Gasteiger partial charge >= 0.3 is 0 Å². The van der Waals surface area contributed by atoms with Crippen molar-refractivity contribution < 1.29 is 9.90 Å². The summed E-state index contributed by atoms with van der Waals surface area (Å²) in [5, 5.41) is 11.9. The Morgan fingerprint density at radius 2 is 2.00 bits per heavy atom. The number of unbranched alkanes of at least 4 members (excludes halogenated alkanes) is 3. The van der Waals surface area contributed by atoms with Crippen molar-refractivity contribution in [3.63, 3.8) is 0 Å². The number of benzene rings is 1. The molecule has 0 atom stereocenters. The number of carbonyl (C=O) groups excluding carboxylic acids is 1. The van der Waals surface area contributed by atoms with Crippen LogP contribution in [0.1, 0.15) is 36.0 Å². The average Bonchev–Trinajstić information content (AvgIpc) is 2.36. The number of nitrogens with two attached hydrogens (primary N) is 1. The SMILES string of the molecule is Nc1ccc(Cl)cc1C(=O)NCCCCCCO. The molecule has 0 aromatic heterocycles. The van der Waals surface area contributed by atoms with Crippen molar-refractivity contribution in [3.8, 4) is 0 Å². The van der Waals surface area contributed by atoms with E-state index in [1.54, 1.807) is 18.2 Å². The first-order valence-corrected chi connectivity index (χ1v) is 6.47. The quantitative estimate of drug-likeness (QED) is 0.525. The van der Waals surface area contributed by atoms with Gasteiger partial charge in [-0.25, -0.2) is 0 Å². The lowest BCUT2D eigenvalue weighted by molar-refractivity contribution is 0.0953. The Bertz CT molecular complexity index is 397. The highest BCUT2D eigenvalue weighted by Gasteiger charge is 2.09. The maximum Gasteiger partial charge on any atom is 0.253 e. The van der Waals surface area contributed by atoms with Crippen LogP contribution >= 0.6 is 11.6 Å². The van der Waals surface area contributed by atoms with Gasteiger partial charge in [-0.3, -0.25) is 4.79 Å². The van der Waals surface area contributed by atoms with Gasteiger partial charge in [0.15, 0.2) is 0 Å². The van der Waals surface area contributed by atoms with Crippen LogP contribution in [0, 0.1) is 0 Å². The summed E-state index contributed by atoms with van der Waals surface area (Å²) in [5.41, 5.74) is 6.56. The van der Waals surface area contributed by atoms with Crippen LogP contribution in [0.4, 0.5) is 5.69 Å². The molecule has 0 aliphatic heterocycles. The summed E-state index contributed by atoms with van der Waals surface area (Å²) in [7, 11) is 0. The molecule has 0 saturated heterocycles. The molecule has 1 aromatic rings. The van der Waals surface area contributed by atoms with E-state index in [-0.39, 0.29) is 12.5 Å². The van der Waals surface area contributed by atoms with Crippen molar-refractivity contribution in [2.45, 2.75) is 25.7 Å². The molecule has 100 valence electrons. The minimum absolute atomic E-state index is 0.197. The molecule has 4 nitrogen and oxygen atoms in total. The Labute approximate surface area is 112 Å². The minimum Gasteiger partial charge on any atom is -0.398 e. The van der Waals surface area contributed by atoms with E-state index in [0.29, 0.717) is 22.8 Å². The van der Waals surface area contributed by atoms with Crippen LogP contribution < -0.4 is 11.1 Å². The number of aliphatic hydroxyl groups excluding tert-OH is 1. The van der Waals surface area contributed by atoms with E-state index in [0.717, 1.165) is 25.7 Å². The van der Waals surface area contributed by atoms with Crippen molar-refractivity contribution in [1.29, 1.82) is 0 Å². The van der Waals surface area contributed by atoms with Crippen molar-refractivity contribution in [3.05, 3.63) is 28.8 Å². The van der Waals surface area contributed by atoms with Crippen LogP contribution in [0.2, 0.25) is 5.02 Å². The Morgan fingerprint density at radius 1 is 1.28 bits per heavy atom. The van der Waals surface area contributed by atoms with E-state index in [1.807, 2.05) is 0 Å². The first-order valence-electron chi connectivity index (χ1n) is 6.09. The van der Waals surface area contributed by atoms with E-state index < -0.39 is 0 Å². The number of halogens is 1. The molecule has 5 heteroatoms. The molecule has 0 unspecified atom stereocenters. The predicted octanol–water partition coefficient (Wildman–Crippen LogP) is 2.20. The van der Waals surface area contributed by atoms with Gasteiger partial charge in [0, 0.05) is 23.9 Å². The highest BCUT2D eigenvalue weighted by atomic mass is 35.5. The standard InChI is InChI=1S/C13H19ClN2O2/c14-10-5-6-12(15)11(9-10)13(18)16-7-3-1-2-4-8-17/h5-6,9,17H,1-4,7-8,15H2,(H,16,18). The van der Waals surface area contributed by atoms with Crippen LogP contribution in [0.25, 0.3) is 0 Å². The Morgan fingerprint density at radius 3 is 2.72 bits per heavy atom. The van der Waals surface area contributed by atoms with E-state index in [2.05, 4.69) is 5.32 Å². The van der Waals surface area contributed by atoms with E-state index in [1.165, 1.54) is 0 Å². The smallest absolute Gasteiger partial charge is 0.253 e. The van der Waals surface area contributed by atoms with Crippen molar-refractivity contribution in [1.82, 2.24) is 5.32 Å². The van der Waals surface area contributed by atoms with Gasteiger partial charge in [0.2, 0.25) is 0 Å². The maximum atomic E-state index is 11.8. The third-order valence-corrected chi connectivity index (χ3v) is 2.87. The Kier molecular flexibility index (Phi) is 6.54. The lowest BCUT2D eigenvalue weighted by atomic mass is 10.1. The molecular formula is C13H19ClN2O2.